The molecule has 1 aliphatic rings. The van der Waals surface area contributed by atoms with Gasteiger partial charge in [0.1, 0.15) is 0 Å². The van der Waals surface area contributed by atoms with Crippen molar-refractivity contribution in [1.29, 1.82) is 0 Å². The van der Waals surface area contributed by atoms with Crippen molar-refractivity contribution in [1.82, 2.24) is 15.5 Å². The second-order valence-electron chi connectivity index (χ2n) is 5.85. The molecule has 0 spiro atoms. The lowest BCUT2D eigenvalue weighted by atomic mass is 9.96. The second-order valence-corrected chi connectivity index (χ2v) is 5.85. The summed E-state index contributed by atoms with van der Waals surface area (Å²) >= 11 is 0. The highest BCUT2D eigenvalue weighted by Crippen LogP contribution is 2.18. The average molecular weight is 255 g/mol. The standard InChI is InChI=1S/C14H29N3O/c1-11(2)8-16-9-13-6-5-7-17(10-13)12(3)14(18)15-4/h11-13,16H,5-10H2,1-4H3,(H,15,18). The zero-order valence-electron chi connectivity index (χ0n) is 12.3. The van der Waals surface area contributed by atoms with Crippen molar-refractivity contribution in [3.63, 3.8) is 0 Å². The minimum absolute atomic E-state index is 0.00268. The van der Waals surface area contributed by atoms with Crippen LogP contribution in [0.5, 0.6) is 0 Å². The molecule has 1 amide bonds. The van der Waals surface area contributed by atoms with Crippen LogP contribution in [0.25, 0.3) is 0 Å². The van der Waals surface area contributed by atoms with Crippen LogP contribution in [0, 0.1) is 11.8 Å². The largest absolute Gasteiger partial charge is 0.358 e. The normalized spacial score (nSPS) is 23.1. The molecular formula is C14H29N3O. The first-order chi connectivity index (χ1) is 8.54. The minimum Gasteiger partial charge on any atom is -0.358 e. The number of carbonyl (C=O) groups is 1. The summed E-state index contributed by atoms with van der Waals surface area (Å²) in [6.07, 6.45) is 2.48. The van der Waals surface area contributed by atoms with E-state index in [1.165, 1.54) is 12.8 Å². The van der Waals surface area contributed by atoms with E-state index >= 15 is 0 Å². The first kappa shape index (κ1) is 15.4. The molecule has 1 rings (SSSR count). The van der Waals surface area contributed by atoms with Crippen molar-refractivity contribution in [2.75, 3.05) is 33.2 Å². The molecule has 18 heavy (non-hydrogen) atoms. The first-order valence-corrected chi connectivity index (χ1v) is 7.21. The predicted molar refractivity (Wildman–Crippen MR) is 75.5 cm³/mol. The van der Waals surface area contributed by atoms with E-state index in [4.69, 9.17) is 0 Å². The van der Waals surface area contributed by atoms with Crippen LogP contribution in [0.2, 0.25) is 0 Å². The highest BCUT2D eigenvalue weighted by molar-refractivity contribution is 5.80. The fourth-order valence-corrected chi connectivity index (χ4v) is 2.57. The van der Waals surface area contributed by atoms with Crippen LogP contribution >= 0.6 is 0 Å². The van der Waals surface area contributed by atoms with Crippen molar-refractivity contribution in [2.45, 2.75) is 39.7 Å². The number of piperidine rings is 1. The number of likely N-dealkylation sites (N-methyl/N-ethyl adjacent to an activating group) is 1. The molecule has 0 bridgehead atoms. The highest BCUT2D eigenvalue weighted by Gasteiger charge is 2.26. The lowest BCUT2D eigenvalue weighted by Crippen LogP contribution is -2.49. The van der Waals surface area contributed by atoms with Gasteiger partial charge in [0.25, 0.3) is 0 Å². The number of nitrogens with one attached hydrogen (secondary N) is 2. The molecule has 0 aliphatic carbocycles. The summed E-state index contributed by atoms with van der Waals surface area (Å²) in [6, 6.07) is 0.00268. The van der Waals surface area contributed by atoms with Gasteiger partial charge >= 0.3 is 0 Å². The fraction of sp³-hybridized carbons (Fsp3) is 0.929. The van der Waals surface area contributed by atoms with Gasteiger partial charge in [-0.2, -0.15) is 0 Å². The van der Waals surface area contributed by atoms with Gasteiger partial charge in [0.2, 0.25) is 5.91 Å². The Bertz CT molecular complexity index is 255. The Kier molecular flexibility index (Phi) is 6.65. The highest BCUT2D eigenvalue weighted by atomic mass is 16.2. The Morgan fingerprint density at radius 2 is 2.11 bits per heavy atom. The van der Waals surface area contributed by atoms with Crippen molar-refractivity contribution in [3.8, 4) is 0 Å². The molecule has 1 fully saturated rings. The molecule has 0 saturated carbocycles. The van der Waals surface area contributed by atoms with Crippen molar-refractivity contribution < 1.29 is 4.79 Å². The molecule has 106 valence electrons. The maximum Gasteiger partial charge on any atom is 0.236 e. The third kappa shape index (κ3) is 4.94. The quantitative estimate of drug-likeness (QED) is 0.746. The van der Waals surface area contributed by atoms with E-state index in [1.54, 1.807) is 7.05 Å². The number of hydrogen-bond acceptors (Lipinski definition) is 3. The summed E-state index contributed by atoms with van der Waals surface area (Å²) in [6.45, 7) is 10.7. The summed E-state index contributed by atoms with van der Waals surface area (Å²) < 4.78 is 0. The Morgan fingerprint density at radius 3 is 2.72 bits per heavy atom. The Hall–Kier alpha value is -0.610. The number of hydrogen-bond donors (Lipinski definition) is 2. The molecule has 2 unspecified atom stereocenters. The smallest absolute Gasteiger partial charge is 0.236 e. The van der Waals surface area contributed by atoms with Gasteiger partial charge in [-0.05, 0) is 51.2 Å². The SMILES string of the molecule is CNC(=O)C(C)N1CCCC(CNCC(C)C)C1. The fourth-order valence-electron chi connectivity index (χ4n) is 2.57. The number of rotatable bonds is 6. The maximum absolute atomic E-state index is 11.7. The average Bonchev–Trinajstić information content (AvgIpc) is 2.37. The molecule has 1 heterocycles. The van der Waals surface area contributed by atoms with Gasteiger partial charge < -0.3 is 10.6 Å². The molecule has 0 aromatic carbocycles. The van der Waals surface area contributed by atoms with Gasteiger partial charge in [-0.3, -0.25) is 9.69 Å². The van der Waals surface area contributed by atoms with Crippen molar-refractivity contribution >= 4 is 5.91 Å². The molecule has 4 nitrogen and oxygen atoms in total. The Morgan fingerprint density at radius 1 is 1.39 bits per heavy atom. The van der Waals surface area contributed by atoms with Crippen LogP contribution < -0.4 is 10.6 Å². The number of likely N-dealkylation sites (tertiary alicyclic amines) is 1. The molecule has 4 heteroatoms. The molecule has 0 aromatic heterocycles. The van der Waals surface area contributed by atoms with Crippen LogP contribution in [0.3, 0.4) is 0 Å². The number of nitrogens with zero attached hydrogens (tertiary/aromatic N) is 1. The lowest BCUT2D eigenvalue weighted by molar-refractivity contribution is -0.126. The van der Waals surface area contributed by atoms with Gasteiger partial charge in [-0.1, -0.05) is 13.8 Å². The van der Waals surface area contributed by atoms with E-state index in [9.17, 15) is 4.79 Å². The molecule has 0 aromatic rings. The van der Waals surface area contributed by atoms with E-state index in [1.807, 2.05) is 6.92 Å². The van der Waals surface area contributed by atoms with Gasteiger partial charge in [-0.15, -0.1) is 0 Å². The van der Waals surface area contributed by atoms with Crippen LogP contribution in [-0.2, 0) is 4.79 Å². The molecule has 1 saturated heterocycles. The van der Waals surface area contributed by atoms with Gasteiger partial charge in [0, 0.05) is 13.6 Å². The van der Waals surface area contributed by atoms with E-state index in [0.717, 1.165) is 26.2 Å². The number of amides is 1. The van der Waals surface area contributed by atoms with Crippen LogP contribution in [0.15, 0.2) is 0 Å². The lowest BCUT2D eigenvalue weighted by Gasteiger charge is -2.36. The predicted octanol–water partition coefficient (Wildman–Crippen LogP) is 1.08. The van der Waals surface area contributed by atoms with E-state index in [0.29, 0.717) is 11.8 Å². The van der Waals surface area contributed by atoms with E-state index in [-0.39, 0.29) is 11.9 Å². The third-order valence-corrected chi connectivity index (χ3v) is 3.71. The van der Waals surface area contributed by atoms with E-state index < -0.39 is 0 Å². The number of carbonyl (C=O) groups excluding carboxylic acids is 1. The summed E-state index contributed by atoms with van der Waals surface area (Å²) in [5.41, 5.74) is 0. The van der Waals surface area contributed by atoms with Crippen LogP contribution in [-0.4, -0.2) is 50.1 Å². The zero-order chi connectivity index (χ0) is 13.5. The van der Waals surface area contributed by atoms with Crippen molar-refractivity contribution in [3.05, 3.63) is 0 Å². The summed E-state index contributed by atoms with van der Waals surface area (Å²) in [5, 5.41) is 6.27. The van der Waals surface area contributed by atoms with Crippen molar-refractivity contribution in [2.24, 2.45) is 11.8 Å². The zero-order valence-corrected chi connectivity index (χ0v) is 12.3. The summed E-state index contributed by atoms with van der Waals surface area (Å²) in [5.74, 6) is 1.52. The van der Waals surface area contributed by atoms with E-state index in [2.05, 4.69) is 29.4 Å². The summed E-state index contributed by atoms with van der Waals surface area (Å²) in [7, 11) is 1.71. The van der Waals surface area contributed by atoms with Crippen LogP contribution in [0.1, 0.15) is 33.6 Å². The molecule has 1 aliphatic heterocycles. The third-order valence-electron chi connectivity index (χ3n) is 3.71. The summed E-state index contributed by atoms with van der Waals surface area (Å²) in [4.78, 5) is 14.0. The van der Waals surface area contributed by atoms with Gasteiger partial charge in [-0.25, -0.2) is 0 Å². The Labute approximate surface area is 111 Å². The maximum atomic E-state index is 11.7. The van der Waals surface area contributed by atoms with Crippen LogP contribution in [0.4, 0.5) is 0 Å². The topological polar surface area (TPSA) is 44.4 Å². The molecular weight excluding hydrogens is 226 g/mol. The second kappa shape index (κ2) is 7.74. The Balaban J connectivity index is 2.34. The molecule has 2 N–H and O–H groups in total. The molecule has 0 radical (unpaired) electrons. The van der Waals surface area contributed by atoms with Gasteiger partial charge in [0.05, 0.1) is 6.04 Å². The monoisotopic (exact) mass is 255 g/mol. The first-order valence-electron chi connectivity index (χ1n) is 7.21. The van der Waals surface area contributed by atoms with Gasteiger partial charge in [0.15, 0.2) is 0 Å². The molecule has 2 atom stereocenters. The minimum atomic E-state index is 0.00268.